The van der Waals surface area contributed by atoms with E-state index < -0.39 is 5.97 Å². The zero-order chi connectivity index (χ0) is 26.7. The zero-order valence-corrected chi connectivity index (χ0v) is 22.5. The molecule has 198 valence electrons. The van der Waals surface area contributed by atoms with E-state index in [1.165, 1.54) is 37.7 Å². The fraction of sp³-hybridized carbons (Fsp3) is 0.406. The van der Waals surface area contributed by atoms with Gasteiger partial charge < -0.3 is 15.4 Å². The Morgan fingerprint density at radius 1 is 0.921 bits per heavy atom. The molecular formula is C32H37N3O3. The van der Waals surface area contributed by atoms with Gasteiger partial charge in [-0.3, -0.25) is 4.79 Å². The molecule has 2 atom stereocenters. The van der Waals surface area contributed by atoms with Crippen molar-refractivity contribution in [2.24, 2.45) is 17.8 Å². The van der Waals surface area contributed by atoms with E-state index >= 15 is 0 Å². The normalized spacial score (nSPS) is 24.3. The standard InChI is InChI=1S/C32H37N3O3/c1-4-38-31(37)28-6-5-7-29(35-28)33-26-12-8-24(9-13-26)30(36)34-27-14-10-25(11-15-27)32(3)19-22-16-21(2)17-23(18-22)20-32/h5-15,21-23H,4,16-20H2,1-3H3,(H,33,35)(H,34,36). The smallest absolute Gasteiger partial charge is 0.356 e. The molecule has 5 rings (SSSR count). The molecule has 2 aliphatic carbocycles. The van der Waals surface area contributed by atoms with Gasteiger partial charge >= 0.3 is 5.97 Å². The number of fused-ring (bicyclic) bond motifs is 2. The molecule has 1 amide bonds. The highest BCUT2D eigenvalue weighted by Crippen LogP contribution is 2.51. The summed E-state index contributed by atoms with van der Waals surface area (Å²) in [5, 5.41) is 6.19. The lowest BCUT2D eigenvalue weighted by Crippen LogP contribution is -2.38. The van der Waals surface area contributed by atoms with Crippen LogP contribution in [-0.4, -0.2) is 23.5 Å². The van der Waals surface area contributed by atoms with Crippen LogP contribution in [0, 0.1) is 17.8 Å². The Hall–Kier alpha value is -3.67. The van der Waals surface area contributed by atoms with Gasteiger partial charge in [-0.05, 0) is 116 Å². The summed E-state index contributed by atoms with van der Waals surface area (Å²) in [6, 6.07) is 20.8. The number of nitrogens with zero attached hydrogens (tertiary/aromatic N) is 1. The summed E-state index contributed by atoms with van der Waals surface area (Å²) < 4.78 is 5.01. The number of hydrogen-bond acceptors (Lipinski definition) is 5. The van der Waals surface area contributed by atoms with Crippen LogP contribution in [0.3, 0.4) is 0 Å². The molecule has 2 unspecified atom stereocenters. The van der Waals surface area contributed by atoms with E-state index in [2.05, 4.69) is 41.6 Å². The number of carbonyl (C=O) groups is 2. The molecule has 2 fully saturated rings. The highest BCUT2D eigenvalue weighted by molar-refractivity contribution is 6.04. The Balaban J connectivity index is 1.19. The van der Waals surface area contributed by atoms with E-state index in [1.54, 1.807) is 37.3 Å². The predicted molar refractivity (Wildman–Crippen MR) is 151 cm³/mol. The number of ether oxygens (including phenoxy) is 1. The van der Waals surface area contributed by atoms with Gasteiger partial charge in [-0.15, -0.1) is 0 Å². The van der Waals surface area contributed by atoms with Gasteiger partial charge in [0.2, 0.25) is 0 Å². The van der Waals surface area contributed by atoms with Gasteiger partial charge in [0, 0.05) is 16.9 Å². The molecule has 38 heavy (non-hydrogen) atoms. The molecule has 2 saturated carbocycles. The van der Waals surface area contributed by atoms with Crippen molar-refractivity contribution >= 4 is 29.1 Å². The molecule has 1 aromatic heterocycles. The lowest BCUT2D eigenvalue weighted by atomic mass is 9.57. The fourth-order valence-corrected chi connectivity index (χ4v) is 6.66. The molecule has 6 heteroatoms. The van der Waals surface area contributed by atoms with E-state index in [4.69, 9.17) is 4.74 Å². The molecule has 3 aromatic rings. The summed E-state index contributed by atoms with van der Waals surface area (Å²) in [7, 11) is 0. The van der Waals surface area contributed by atoms with E-state index in [-0.39, 0.29) is 17.0 Å². The van der Waals surface area contributed by atoms with E-state index in [0.717, 1.165) is 29.1 Å². The van der Waals surface area contributed by atoms with E-state index in [1.807, 2.05) is 24.3 Å². The van der Waals surface area contributed by atoms with Crippen molar-refractivity contribution in [2.45, 2.75) is 58.3 Å². The largest absolute Gasteiger partial charge is 0.461 e. The number of amides is 1. The second-order valence-corrected chi connectivity index (χ2v) is 11.4. The molecule has 0 radical (unpaired) electrons. The van der Waals surface area contributed by atoms with Crippen LogP contribution in [0.4, 0.5) is 17.2 Å². The van der Waals surface area contributed by atoms with E-state index in [9.17, 15) is 9.59 Å². The van der Waals surface area contributed by atoms with E-state index in [0.29, 0.717) is 18.0 Å². The number of carbonyl (C=O) groups excluding carboxylic acids is 2. The van der Waals surface area contributed by atoms with Crippen LogP contribution in [-0.2, 0) is 10.2 Å². The van der Waals surface area contributed by atoms with Gasteiger partial charge in [-0.25, -0.2) is 9.78 Å². The summed E-state index contributed by atoms with van der Waals surface area (Å²) >= 11 is 0. The first-order valence-corrected chi connectivity index (χ1v) is 13.7. The van der Waals surface area contributed by atoms with Crippen LogP contribution in [0.25, 0.3) is 0 Å². The number of pyridine rings is 1. The van der Waals surface area contributed by atoms with Gasteiger partial charge in [0.15, 0.2) is 5.69 Å². The fourth-order valence-electron chi connectivity index (χ4n) is 6.66. The highest BCUT2D eigenvalue weighted by atomic mass is 16.5. The van der Waals surface area contributed by atoms with Gasteiger partial charge in [-0.1, -0.05) is 32.0 Å². The Morgan fingerprint density at radius 3 is 2.24 bits per heavy atom. The number of hydrogen-bond donors (Lipinski definition) is 2. The minimum absolute atomic E-state index is 0.154. The number of nitrogens with one attached hydrogen (secondary N) is 2. The minimum Gasteiger partial charge on any atom is -0.461 e. The van der Waals surface area contributed by atoms with Crippen molar-refractivity contribution < 1.29 is 14.3 Å². The molecule has 6 nitrogen and oxygen atoms in total. The van der Waals surface area contributed by atoms with Gasteiger partial charge in [0.1, 0.15) is 5.82 Å². The second-order valence-electron chi connectivity index (χ2n) is 11.4. The van der Waals surface area contributed by atoms with Gasteiger partial charge in [0.25, 0.3) is 5.91 Å². The summed E-state index contributed by atoms with van der Waals surface area (Å²) in [6.45, 7) is 6.89. The average molecular weight is 512 g/mol. The predicted octanol–water partition coefficient (Wildman–Crippen LogP) is 7.36. The summed E-state index contributed by atoms with van der Waals surface area (Å²) in [6.07, 6.45) is 6.67. The van der Waals surface area contributed by atoms with Gasteiger partial charge in [0.05, 0.1) is 6.61 Å². The first kappa shape index (κ1) is 26.0. The number of aromatic nitrogens is 1. The molecule has 2 aromatic carbocycles. The van der Waals surface area contributed by atoms with Crippen LogP contribution in [0.15, 0.2) is 66.7 Å². The Kier molecular flexibility index (Phi) is 7.50. The molecule has 2 aliphatic rings. The minimum atomic E-state index is -0.457. The maximum Gasteiger partial charge on any atom is 0.356 e. The third-order valence-corrected chi connectivity index (χ3v) is 8.11. The number of benzene rings is 2. The third-order valence-electron chi connectivity index (χ3n) is 8.11. The van der Waals surface area contributed by atoms with Crippen LogP contribution < -0.4 is 10.6 Å². The van der Waals surface area contributed by atoms with Crippen LogP contribution >= 0.6 is 0 Å². The molecule has 2 bridgehead atoms. The van der Waals surface area contributed by atoms with Crippen LogP contribution in [0.5, 0.6) is 0 Å². The van der Waals surface area contributed by atoms with Crippen LogP contribution in [0.1, 0.15) is 79.3 Å². The highest BCUT2D eigenvalue weighted by Gasteiger charge is 2.41. The summed E-state index contributed by atoms with van der Waals surface area (Å²) in [4.78, 5) is 29.1. The van der Waals surface area contributed by atoms with Crippen molar-refractivity contribution in [3.8, 4) is 0 Å². The lowest BCUT2D eigenvalue weighted by molar-refractivity contribution is 0.0519. The molecular weight excluding hydrogens is 474 g/mol. The summed E-state index contributed by atoms with van der Waals surface area (Å²) in [5.41, 5.74) is 3.98. The number of esters is 1. The molecule has 0 saturated heterocycles. The van der Waals surface area contributed by atoms with Gasteiger partial charge in [-0.2, -0.15) is 0 Å². The SMILES string of the molecule is CCOC(=O)c1cccc(Nc2ccc(C(=O)Nc3ccc(C4(C)CC5CC(C)CC(C5)C4)cc3)cc2)n1. The first-order chi connectivity index (χ1) is 18.3. The molecule has 0 aliphatic heterocycles. The van der Waals surface area contributed by atoms with Crippen molar-refractivity contribution in [1.29, 1.82) is 0 Å². The number of anilines is 3. The Morgan fingerprint density at radius 2 is 1.58 bits per heavy atom. The van der Waals surface area contributed by atoms with Crippen molar-refractivity contribution in [1.82, 2.24) is 4.98 Å². The van der Waals surface area contributed by atoms with Crippen LogP contribution in [0.2, 0.25) is 0 Å². The molecule has 0 spiro atoms. The Labute approximate surface area is 225 Å². The quantitative estimate of drug-likeness (QED) is 0.324. The maximum absolute atomic E-state index is 12.9. The molecule has 2 N–H and O–H groups in total. The van der Waals surface area contributed by atoms with Crippen molar-refractivity contribution in [3.05, 3.63) is 83.6 Å². The average Bonchev–Trinajstić information content (AvgIpc) is 2.89. The topological polar surface area (TPSA) is 80.3 Å². The molecule has 1 heterocycles. The monoisotopic (exact) mass is 511 g/mol. The van der Waals surface area contributed by atoms with Crippen molar-refractivity contribution in [3.63, 3.8) is 0 Å². The Bertz CT molecular complexity index is 1270. The zero-order valence-electron chi connectivity index (χ0n) is 22.5. The lowest BCUT2D eigenvalue weighted by Gasteiger charge is -2.47. The summed E-state index contributed by atoms with van der Waals surface area (Å²) in [5.74, 6) is 2.47. The maximum atomic E-state index is 12.9. The third kappa shape index (κ3) is 5.90. The second kappa shape index (κ2) is 11.0. The number of rotatable bonds is 7. The van der Waals surface area contributed by atoms with Crippen molar-refractivity contribution in [2.75, 3.05) is 17.2 Å². The first-order valence-electron chi connectivity index (χ1n) is 13.7.